The van der Waals surface area contributed by atoms with E-state index >= 15 is 0 Å². The van der Waals surface area contributed by atoms with Crippen LogP contribution in [0.5, 0.6) is 5.75 Å². The van der Waals surface area contributed by atoms with Gasteiger partial charge < -0.3 is 20.1 Å². The lowest BCUT2D eigenvalue weighted by atomic mass is 9.91. The van der Waals surface area contributed by atoms with Crippen LogP contribution in [0.4, 0.5) is 5.69 Å². The Kier molecular flexibility index (Phi) is 7.09. The Hall–Kier alpha value is -1.39. The highest BCUT2D eigenvalue weighted by atomic mass is 35.5. The average molecular weight is 420 g/mol. The Bertz CT molecular complexity index is 777. The fourth-order valence-electron chi connectivity index (χ4n) is 3.03. The first-order chi connectivity index (χ1) is 12.4. The molecule has 1 aromatic carbocycles. The number of amides is 1. The molecule has 1 aliphatic carbocycles. The zero-order valence-corrected chi connectivity index (χ0v) is 17.0. The molecule has 3 rings (SSSR count). The van der Waals surface area contributed by atoms with Crippen LogP contribution >= 0.6 is 12.4 Å². The van der Waals surface area contributed by atoms with Crippen molar-refractivity contribution in [3.8, 4) is 5.75 Å². The van der Waals surface area contributed by atoms with E-state index in [0.29, 0.717) is 37.4 Å². The van der Waals surface area contributed by atoms with Crippen molar-refractivity contribution in [1.82, 2.24) is 10.0 Å². The van der Waals surface area contributed by atoms with Gasteiger partial charge in [-0.2, -0.15) is 0 Å². The number of halogens is 1. The van der Waals surface area contributed by atoms with Gasteiger partial charge in [-0.05, 0) is 57.0 Å². The van der Waals surface area contributed by atoms with Crippen LogP contribution < -0.4 is 20.1 Å². The highest BCUT2D eigenvalue weighted by molar-refractivity contribution is 7.89. The van der Waals surface area contributed by atoms with Gasteiger partial charge in [0.25, 0.3) is 5.91 Å². The summed E-state index contributed by atoms with van der Waals surface area (Å²) >= 11 is 0. The Morgan fingerprint density at radius 1 is 1.22 bits per heavy atom. The number of piperidine rings is 1. The maximum Gasteiger partial charge on any atom is 0.256 e. The Morgan fingerprint density at radius 2 is 1.89 bits per heavy atom. The van der Waals surface area contributed by atoms with Gasteiger partial charge in [0, 0.05) is 13.2 Å². The van der Waals surface area contributed by atoms with Crippen LogP contribution in [0.1, 0.15) is 25.7 Å². The van der Waals surface area contributed by atoms with E-state index in [9.17, 15) is 13.2 Å². The van der Waals surface area contributed by atoms with E-state index in [-0.39, 0.29) is 29.3 Å². The number of carbonyl (C=O) groups excluding carboxylic acids is 1. The van der Waals surface area contributed by atoms with Gasteiger partial charge in [-0.3, -0.25) is 4.79 Å². The molecule has 0 bridgehead atoms. The van der Waals surface area contributed by atoms with E-state index in [0.717, 1.165) is 12.8 Å². The van der Waals surface area contributed by atoms with Gasteiger partial charge in [0.15, 0.2) is 0 Å². The number of anilines is 1. The van der Waals surface area contributed by atoms with E-state index < -0.39 is 15.6 Å². The third-order valence-electron chi connectivity index (χ3n) is 4.84. The van der Waals surface area contributed by atoms with Gasteiger partial charge in [-0.15, -0.1) is 12.4 Å². The number of hydrogen-bond acceptors (Lipinski definition) is 6. The molecule has 0 radical (unpaired) electrons. The van der Waals surface area contributed by atoms with Crippen molar-refractivity contribution < 1.29 is 22.7 Å². The van der Waals surface area contributed by atoms with Gasteiger partial charge in [0.1, 0.15) is 11.4 Å². The highest BCUT2D eigenvalue weighted by Gasteiger charge is 2.40. The van der Waals surface area contributed by atoms with Crippen LogP contribution in [0.15, 0.2) is 23.1 Å². The predicted octanol–water partition coefficient (Wildman–Crippen LogP) is 1.26. The molecule has 8 nitrogen and oxygen atoms in total. The second-order valence-electron chi connectivity index (χ2n) is 6.66. The van der Waals surface area contributed by atoms with Crippen molar-refractivity contribution in [2.75, 3.05) is 32.6 Å². The summed E-state index contributed by atoms with van der Waals surface area (Å²) in [6.45, 7) is 1.36. The number of methoxy groups -OCH3 is 2. The van der Waals surface area contributed by atoms with Crippen LogP contribution in [0, 0.1) is 0 Å². The molecule has 2 aliphatic rings. The number of rotatable bonds is 7. The van der Waals surface area contributed by atoms with E-state index in [2.05, 4.69) is 15.4 Å². The molecule has 1 aliphatic heterocycles. The van der Waals surface area contributed by atoms with Crippen LogP contribution in [-0.2, 0) is 19.6 Å². The van der Waals surface area contributed by atoms with Crippen LogP contribution in [0.2, 0.25) is 0 Å². The minimum absolute atomic E-state index is 0. The average Bonchev–Trinajstić information content (AvgIpc) is 3.45. The predicted molar refractivity (Wildman–Crippen MR) is 104 cm³/mol. The standard InChI is InChI=1S/C17H25N3O5S.ClH/c1-24-15-6-5-13(26(22,23)20-12-3-4-12)11-14(15)19-16(21)17(25-2)7-9-18-10-8-17;/h5-6,11-12,18,20H,3-4,7-10H2,1-2H3,(H,19,21);1H. The Labute approximate surface area is 165 Å². The zero-order chi connectivity index (χ0) is 18.8. The molecule has 0 aromatic heterocycles. The van der Waals surface area contributed by atoms with Crippen molar-refractivity contribution in [3.05, 3.63) is 18.2 Å². The lowest BCUT2D eigenvalue weighted by Crippen LogP contribution is -2.51. The van der Waals surface area contributed by atoms with Crippen molar-refractivity contribution in [1.29, 1.82) is 0 Å². The van der Waals surface area contributed by atoms with Gasteiger partial charge in [0.2, 0.25) is 10.0 Å². The fraction of sp³-hybridized carbons (Fsp3) is 0.588. The summed E-state index contributed by atoms with van der Waals surface area (Å²) in [5, 5.41) is 5.99. The van der Waals surface area contributed by atoms with Gasteiger partial charge >= 0.3 is 0 Å². The summed E-state index contributed by atoms with van der Waals surface area (Å²) in [6, 6.07) is 4.44. The molecule has 3 N–H and O–H groups in total. The molecule has 2 fully saturated rings. The van der Waals surface area contributed by atoms with E-state index in [1.807, 2.05) is 0 Å². The first-order valence-electron chi connectivity index (χ1n) is 8.68. The highest BCUT2D eigenvalue weighted by Crippen LogP contribution is 2.31. The number of ether oxygens (including phenoxy) is 2. The molecule has 0 spiro atoms. The molecule has 1 amide bonds. The molecular formula is C17H26ClN3O5S. The second kappa shape index (κ2) is 8.74. The third-order valence-corrected chi connectivity index (χ3v) is 6.36. The van der Waals surface area contributed by atoms with Crippen LogP contribution in [-0.4, -0.2) is 53.3 Å². The molecule has 1 heterocycles. The molecule has 0 atom stereocenters. The lowest BCUT2D eigenvalue weighted by molar-refractivity contribution is -0.140. The van der Waals surface area contributed by atoms with Crippen molar-refractivity contribution in [2.24, 2.45) is 0 Å². The van der Waals surface area contributed by atoms with E-state index in [1.165, 1.54) is 26.4 Å². The number of hydrogen-bond donors (Lipinski definition) is 3. The molecule has 1 aromatic rings. The minimum atomic E-state index is -3.62. The van der Waals surface area contributed by atoms with Crippen LogP contribution in [0.3, 0.4) is 0 Å². The molecule has 0 unspecified atom stereocenters. The molecule has 10 heteroatoms. The first-order valence-corrected chi connectivity index (χ1v) is 10.2. The van der Waals surface area contributed by atoms with Crippen molar-refractivity contribution in [2.45, 2.75) is 42.2 Å². The minimum Gasteiger partial charge on any atom is -0.495 e. The first kappa shape index (κ1) is 21.9. The number of sulfonamides is 1. The van der Waals surface area contributed by atoms with Gasteiger partial charge in [-0.1, -0.05) is 0 Å². The zero-order valence-electron chi connectivity index (χ0n) is 15.4. The molecule has 1 saturated heterocycles. The quantitative estimate of drug-likeness (QED) is 0.614. The fourth-order valence-corrected chi connectivity index (χ4v) is 4.36. The maximum absolute atomic E-state index is 12.9. The van der Waals surface area contributed by atoms with Gasteiger partial charge in [0.05, 0.1) is 17.7 Å². The largest absolute Gasteiger partial charge is 0.495 e. The maximum atomic E-state index is 12.9. The smallest absolute Gasteiger partial charge is 0.256 e. The number of benzene rings is 1. The van der Waals surface area contributed by atoms with Crippen molar-refractivity contribution in [3.63, 3.8) is 0 Å². The molecule has 27 heavy (non-hydrogen) atoms. The lowest BCUT2D eigenvalue weighted by Gasteiger charge is -2.34. The molecule has 1 saturated carbocycles. The summed E-state index contributed by atoms with van der Waals surface area (Å²) in [6.07, 6.45) is 2.78. The summed E-state index contributed by atoms with van der Waals surface area (Å²) in [4.78, 5) is 12.9. The summed E-state index contributed by atoms with van der Waals surface area (Å²) in [5.74, 6) is 0.0911. The second-order valence-corrected chi connectivity index (χ2v) is 8.37. The number of nitrogens with one attached hydrogen (secondary N) is 3. The Morgan fingerprint density at radius 3 is 2.44 bits per heavy atom. The topological polar surface area (TPSA) is 106 Å². The SMILES string of the molecule is COc1ccc(S(=O)(=O)NC2CC2)cc1NC(=O)C1(OC)CCNCC1.Cl. The summed E-state index contributed by atoms with van der Waals surface area (Å²) in [5.41, 5.74) is -0.622. The normalized spacial score (nSPS) is 19.0. The number of carbonyl (C=O) groups is 1. The van der Waals surface area contributed by atoms with E-state index in [1.54, 1.807) is 6.07 Å². The molecule has 152 valence electrons. The van der Waals surface area contributed by atoms with Crippen molar-refractivity contribution >= 4 is 34.0 Å². The molecular weight excluding hydrogens is 394 g/mol. The monoisotopic (exact) mass is 419 g/mol. The summed E-state index contributed by atoms with van der Waals surface area (Å²) in [7, 11) is -0.637. The van der Waals surface area contributed by atoms with Gasteiger partial charge in [-0.25, -0.2) is 13.1 Å². The summed E-state index contributed by atoms with van der Waals surface area (Å²) < 4.78 is 38.3. The third kappa shape index (κ3) is 4.91. The van der Waals surface area contributed by atoms with E-state index in [4.69, 9.17) is 9.47 Å². The van der Waals surface area contributed by atoms with Crippen LogP contribution in [0.25, 0.3) is 0 Å². The Balaban J connectivity index is 0.00000261.